The van der Waals surface area contributed by atoms with Gasteiger partial charge in [-0.1, -0.05) is 6.92 Å². The predicted octanol–water partition coefficient (Wildman–Crippen LogP) is 2.08. The van der Waals surface area contributed by atoms with Crippen LogP contribution in [0.15, 0.2) is 35.3 Å². The molecule has 2 aromatic heterocycles. The summed E-state index contributed by atoms with van der Waals surface area (Å²) in [4.78, 5) is 8.42. The van der Waals surface area contributed by atoms with Crippen LogP contribution in [0, 0.1) is 6.92 Å². The monoisotopic (exact) mass is 217 g/mol. The molecule has 2 aromatic rings. The third kappa shape index (κ3) is 2.12. The minimum atomic E-state index is 0.0532. The fraction of sp³-hybridized carbons (Fsp3) is 0.333. The van der Waals surface area contributed by atoms with Crippen molar-refractivity contribution in [2.75, 3.05) is 6.54 Å². The minimum Gasteiger partial charge on any atom is -0.469 e. The lowest BCUT2D eigenvalue weighted by Gasteiger charge is -2.16. The van der Waals surface area contributed by atoms with Crippen LogP contribution in [-0.4, -0.2) is 16.5 Å². The van der Waals surface area contributed by atoms with Crippen LogP contribution in [0.1, 0.15) is 30.0 Å². The summed E-state index contributed by atoms with van der Waals surface area (Å²) < 4.78 is 5.33. The molecular formula is C12H15N3O. The van der Waals surface area contributed by atoms with Gasteiger partial charge in [-0.2, -0.15) is 0 Å². The van der Waals surface area contributed by atoms with Crippen molar-refractivity contribution in [1.29, 1.82) is 0 Å². The molecule has 0 saturated carbocycles. The van der Waals surface area contributed by atoms with Gasteiger partial charge in [0.05, 0.1) is 24.2 Å². The SMILES string of the molecule is CCNC(c1cnccn1)c1ccoc1C. The van der Waals surface area contributed by atoms with Gasteiger partial charge in [0.25, 0.3) is 0 Å². The largest absolute Gasteiger partial charge is 0.469 e. The van der Waals surface area contributed by atoms with Gasteiger partial charge in [-0.05, 0) is 19.5 Å². The van der Waals surface area contributed by atoms with Gasteiger partial charge >= 0.3 is 0 Å². The normalized spacial score (nSPS) is 12.6. The van der Waals surface area contributed by atoms with E-state index in [0.29, 0.717) is 0 Å². The summed E-state index contributed by atoms with van der Waals surface area (Å²) in [5.41, 5.74) is 2.02. The fourth-order valence-corrected chi connectivity index (χ4v) is 1.73. The Morgan fingerprint density at radius 2 is 2.31 bits per heavy atom. The summed E-state index contributed by atoms with van der Waals surface area (Å²) in [7, 11) is 0. The molecule has 0 saturated heterocycles. The van der Waals surface area contributed by atoms with Gasteiger partial charge in [-0.3, -0.25) is 9.97 Å². The molecule has 0 fully saturated rings. The fourth-order valence-electron chi connectivity index (χ4n) is 1.73. The number of rotatable bonds is 4. The van der Waals surface area contributed by atoms with Gasteiger partial charge < -0.3 is 9.73 Å². The Kier molecular flexibility index (Phi) is 3.31. The number of hydrogen-bond donors (Lipinski definition) is 1. The zero-order valence-corrected chi connectivity index (χ0v) is 9.47. The maximum Gasteiger partial charge on any atom is 0.105 e. The first kappa shape index (κ1) is 10.8. The Morgan fingerprint density at radius 1 is 1.44 bits per heavy atom. The van der Waals surface area contributed by atoms with Gasteiger partial charge in [-0.15, -0.1) is 0 Å². The van der Waals surface area contributed by atoms with E-state index in [1.54, 1.807) is 24.9 Å². The van der Waals surface area contributed by atoms with Crippen LogP contribution in [0.25, 0.3) is 0 Å². The Bertz CT molecular complexity index is 439. The second-order valence-corrected chi connectivity index (χ2v) is 3.55. The van der Waals surface area contributed by atoms with E-state index in [1.165, 1.54) is 0 Å². The highest BCUT2D eigenvalue weighted by molar-refractivity contribution is 5.27. The highest BCUT2D eigenvalue weighted by Crippen LogP contribution is 2.23. The van der Waals surface area contributed by atoms with Gasteiger partial charge in [0.2, 0.25) is 0 Å². The highest BCUT2D eigenvalue weighted by Gasteiger charge is 2.18. The van der Waals surface area contributed by atoms with Gasteiger partial charge in [0.1, 0.15) is 5.76 Å². The molecule has 84 valence electrons. The lowest BCUT2D eigenvalue weighted by Crippen LogP contribution is -2.23. The predicted molar refractivity (Wildman–Crippen MR) is 61.0 cm³/mol. The number of nitrogens with zero attached hydrogens (tertiary/aromatic N) is 2. The molecule has 0 amide bonds. The van der Waals surface area contributed by atoms with E-state index in [0.717, 1.165) is 23.6 Å². The maximum absolute atomic E-state index is 5.33. The maximum atomic E-state index is 5.33. The van der Waals surface area contributed by atoms with Crippen LogP contribution in [0.5, 0.6) is 0 Å². The van der Waals surface area contributed by atoms with Gasteiger partial charge in [-0.25, -0.2) is 0 Å². The quantitative estimate of drug-likeness (QED) is 0.851. The van der Waals surface area contributed by atoms with Gasteiger partial charge in [0, 0.05) is 18.0 Å². The number of nitrogens with one attached hydrogen (secondary N) is 1. The average molecular weight is 217 g/mol. The molecule has 0 aliphatic carbocycles. The molecule has 0 aliphatic heterocycles. The smallest absolute Gasteiger partial charge is 0.105 e. The molecule has 1 N–H and O–H groups in total. The summed E-state index contributed by atoms with van der Waals surface area (Å²) >= 11 is 0. The summed E-state index contributed by atoms with van der Waals surface area (Å²) in [5, 5.41) is 3.38. The summed E-state index contributed by atoms with van der Waals surface area (Å²) in [5.74, 6) is 0.914. The van der Waals surface area contributed by atoms with Crippen molar-refractivity contribution < 1.29 is 4.42 Å². The zero-order valence-electron chi connectivity index (χ0n) is 9.47. The van der Waals surface area contributed by atoms with Crippen LogP contribution >= 0.6 is 0 Å². The Hall–Kier alpha value is -1.68. The number of aromatic nitrogens is 2. The van der Waals surface area contributed by atoms with Crippen molar-refractivity contribution in [1.82, 2.24) is 15.3 Å². The molecule has 0 spiro atoms. The topological polar surface area (TPSA) is 51.0 Å². The number of hydrogen-bond acceptors (Lipinski definition) is 4. The second-order valence-electron chi connectivity index (χ2n) is 3.55. The van der Waals surface area contributed by atoms with Crippen molar-refractivity contribution in [3.05, 3.63) is 47.9 Å². The molecular weight excluding hydrogens is 202 g/mol. The molecule has 0 bridgehead atoms. The van der Waals surface area contributed by atoms with Crippen LogP contribution < -0.4 is 5.32 Å². The Morgan fingerprint density at radius 3 is 2.88 bits per heavy atom. The first-order valence-electron chi connectivity index (χ1n) is 5.36. The summed E-state index contributed by atoms with van der Waals surface area (Å²) in [6.45, 7) is 4.89. The summed E-state index contributed by atoms with van der Waals surface area (Å²) in [6.07, 6.45) is 6.86. The lowest BCUT2D eigenvalue weighted by atomic mass is 10.1. The third-order valence-corrected chi connectivity index (χ3v) is 2.50. The van der Waals surface area contributed by atoms with E-state index in [1.807, 2.05) is 13.0 Å². The van der Waals surface area contributed by atoms with E-state index in [-0.39, 0.29) is 6.04 Å². The van der Waals surface area contributed by atoms with E-state index in [4.69, 9.17) is 4.42 Å². The van der Waals surface area contributed by atoms with Crippen LogP contribution in [0.4, 0.5) is 0 Å². The van der Waals surface area contributed by atoms with Crippen molar-refractivity contribution in [3.63, 3.8) is 0 Å². The van der Waals surface area contributed by atoms with Gasteiger partial charge in [0.15, 0.2) is 0 Å². The molecule has 4 heteroatoms. The van der Waals surface area contributed by atoms with E-state index >= 15 is 0 Å². The highest BCUT2D eigenvalue weighted by atomic mass is 16.3. The zero-order chi connectivity index (χ0) is 11.4. The van der Waals surface area contributed by atoms with E-state index < -0.39 is 0 Å². The first-order chi connectivity index (χ1) is 7.83. The van der Waals surface area contributed by atoms with Crippen molar-refractivity contribution in [3.8, 4) is 0 Å². The summed E-state index contributed by atoms with van der Waals surface area (Å²) in [6, 6.07) is 2.02. The first-order valence-corrected chi connectivity index (χ1v) is 5.36. The van der Waals surface area contributed by atoms with Crippen molar-refractivity contribution in [2.24, 2.45) is 0 Å². The van der Waals surface area contributed by atoms with Crippen molar-refractivity contribution >= 4 is 0 Å². The van der Waals surface area contributed by atoms with Crippen LogP contribution in [0.3, 0.4) is 0 Å². The molecule has 1 atom stereocenters. The molecule has 2 heterocycles. The van der Waals surface area contributed by atoms with Crippen molar-refractivity contribution in [2.45, 2.75) is 19.9 Å². The van der Waals surface area contributed by atoms with E-state index in [2.05, 4.69) is 22.2 Å². The van der Waals surface area contributed by atoms with Crippen LogP contribution in [0.2, 0.25) is 0 Å². The molecule has 0 aliphatic rings. The molecule has 4 nitrogen and oxygen atoms in total. The minimum absolute atomic E-state index is 0.0532. The number of aryl methyl sites for hydroxylation is 1. The lowest BCUT2D eigenvalue weighted by molar-refractivity contribution is 0.518. The standard InChI is InChI=1S/C12H15N3O/c1-3-14-12(10-4-7-16-9(10)2)11-8-13-5-6-15-11/h4-8,12,14H,3H2,1-2H3. The third-order valence-electron chi connectivity index (χ3n) is 2.50. The molecule has 0 aromatic carbocycles. The molecule has 2 rings (SSSR count). The number of furan rings is 1. The van der Waals surface area contributed by atoms with Crippen LogP contribution in [-0.2, 0) is 0 Å². The van der Waals surface area contributed by atoms with E-state index in [9.17, 15) is 0 Å². The second kappa shape index (κ2) is 4.90. The average Bonchev–Trinajstić information content (AvgIpc) is 2.73. The Labute approximate surface area is 94.7 Å². The Balaban J connectivity index is 2.35. The molecule has 1 unspecified atom stereocenters. The molecule has 16 heavy (non-hydrogen) atoms. The molecule has 0 radical (unpaired) electrons.